The summed E-state index contributed by atoms with van der Waals surface area (Å²) in [6.45, 7) is 3.00. The van der Waals surface area contributed by atoms with Crippen molar-refractivity contribution in [3.63, 3.8) is 0 Å². The average molecular weight is 292 g/mol. The first-order valence-electron chi connectivity index (χ1n) is 5.87. The molecule has 0 amide bonds. The van der Waals surface area contributed by atoms with Gasteiger partial charge in [0.1, 0.15) is 0 Å². The zero-order chi connectivity index (χ0) is 13.1. The van der Waals surface area contributed by atoms with Crippen molar-refractivity contribution in [1.29, 1.82) is 0 Å². The molecule has 3 aromatic heterocycles. The third kappa shape index (κ3) is 2.71. The molecule has 0 unspecified atom stereocenters. The van der Waals surface area contributed by atoms with Crippen molar-refractivity contribution in [2.45, 2.75) is 24.4 Å². The molecule has 19 heavy (non-hydrogen) atoms. The zero-order valence-electron chi connectivity index (χ0n) is 10.3. The van der Waals surface area contributed by atoms with Crippen molar-refractivity contribution >= 4 is 23.1 Å². The van der Waals surface area contributed by atoms with Crippen molar-refractivity contribution in [3.05, 3.63) is 35.7 Å². The molecule has 0 aliphatic rings. The molecular weight excluding hydrogens is 280 g/mol. The van der Waals surface area contributed by atoms with E-state index in [-0.39, 0.29) is 0 Å². The van der Waals surface area contributed by atoms with Gasteiger partial charge in [-0.05, 0) is 18.4 Å². The van der Waals surface area contributed by atoms with Crippen LogP contribution in [-0.2, 0) is 12.3 Å². The van der Waals surface area contributed by atoms with Crippen LogP contribution in [0.1, 0.15) is 12.7 Å². The summed E-state index contributed by atoms with van der Waals surface area (Å²) in [6.07, 6.45) is 3.77. The Labute approximate surface area is 118 Å². The van der Waals surface area contributed by atoms with Crippen LogP contribution in [0, 0.1) is 0 Å². The molecule has 0 aliphatic heterocycles. The maximum atomic E-state index is 5.24. The fourth-order valence-corrected chi connectivity index (χ4v) is 3.13. The number of rotatable bonds is 5. The first-order valence-corrected chi connectivity index (χ1v) is 7.73. The molecule has 3 aromatic rings. The van der Waals surface area contributed by atoms with Crippen molar-refractivity contribution < 1.29 is 4.52 Å². The van der Waals surface area contributed by atoms with Gasteiger partial charge in [0.2, 0.25) is 0 Å². The summed E-state index contributed by atoms with van der Waals surface area (Å²) in [5.41, 5.74) is 0. The Bertz CT molecular complexity index is 644. The van der Waals surface area contributed by atoms with E-state index >= 15 is 0 Å². The Morgan fingerprint density at radius 1 is 1.47 bits per heavy atom. The van der Waals surface area contributed by atoms with Crippen LogP contribution >= 0.6 is 23.1 Å². The van der Waals surface area contributed by atoms with E-state index in [2.05, 4.69) is 26.6 Å². The molecule has 98 valence electrons. The molecule has 0 saturated heterocycles. The number of imidazole rings is 1. The molecule has 0 aliphatic carbocycles. The van der Waals surface area contributed by atoms with Crippen LogP contribution in [0.5, 0.6) is 0 Å². The summed E-state index contributed by atoms with van der Waals surface area (Å²) < 4.78 is 7.33. The first-order chi connectivity index (χ1) is 9.36. The number of aromatic nitrogens is 4. The van der Waals surface area contributed by atoms with Crippen LogP contribution in [0.25, 0.3) is 10.8 Å². The van der Waals surface area contributed by atoms with Gasteiger partial charge in [-0.25, -0.2) is 4.98 Å². The number of aryl methyl sites for hydroxylation is 1. The van der Waals surface area contributed by atoms with Gasteiger partial charge in [-0.1, -0.05) is 23.0 Å². The minimum Gasteiger partial charge on any atom is -0.333 e. The van der Waals surface area contributed by atoms with Gasteiger partial charge in [0.15, 0.2) is 11.0 Å². The van der Waals surface area contributed by atoms with Crippen LogP contribution in [0.2, 0.25) is 0 Å². The predicted octanol–water partition coefficient (Wildman–Crippen LogP) is 3.31. The Morgan fingerprint density at radius 3 is 3.21 bits per heavy atom. The molecule has 5 nitrogen and oxygen atoms in total. The third-order valence-corrected chi connectivity index (χ3v) is 4.41. The SMILES string of the molecule is CCn1ccnc1SCc1noc(-c2cccs2)n1. The summed E-state index contributed by atoms with van der Waals surface area (Å²) in [7, 11) is 0. The Kier molecular flexibility index (Phi) is 3.65. The molecule has 0 radical (unpaired) electrons. The second-order valence-electron chi connectivity index (χ2n) is 3.78. The number of hydrogen-bond acceptors (Lipinski definition) is 6. The van der Waals surface area contributed by atoms with Gasteiger partial charge in [-0.15, -0.1) is 11.3 Å². The van der Waals surface area contributed by atoms with E-state index in [1.165, 1.54) is 0 Å². The number of thiophene rings is 1. The Hall–Kier alpha value is -1.60. The van der Waals surface area contributed by atoms with Crippen LogP contribution < -0.4 is 0 Å². The van der Waals surface area contributed by atoms with Crippen LogP contribution in [0.4, 0.5) is 0 Å². The van der Waals surface area contributed by atoms with Gasteiger partial charge < -0.3 is 9.09 Å². The predicted molar refractivity (Wildman–Crippen MR) is 75.1 cm³/mol. The van der Waals surface area contributed by atoms with Crippen LogP contribution in [-0.4, -0.2) is 19.7 Å². The van der Waals surface area contributed by atoms with Gasteiger partial charge >= 0.3 is 0 Å². The number of nitrogens with zero attached hydrogens (tertiary/aromatic N) is 4. The van der Waals surface area contributed by atoms with E-state index in [1.54, 1.807) is 29.3 Å². The van der Waals surface area contributed by atoms with Crippen LogP contribution in [0.15, 0.2) is 39.6 Å². The largest absolute Gasteiger partial charge is 0.333 e. The van der Waals surface area contributed by atoms with Crippen LogP contribution in [0.3, 0.4) is 0 Å². The molecular formula is C12H12N4OS2. The van der Waals surface area contributed by atoms with Gasteiger partial charge in [-0.3, -0.25) is 0 Å². The normalized spacial score (nSPS) is 11.0. The maximum Gasteiger partial charge on any atom is 0.268 e. The third-order valence-electron chi connectivity index (χ3n) is 2.55. The van der Waals surface area contributed by atoms with E-state index in [0.717, 1.165) is 16.6 Å². The summed E-state index contributed by atoms with van der Waals surface area (Å²) >= 11 is 3.20. The fraction of sp³-hybridized carbons (Fsp3) is 0.250. The zero-order valence-corrected chi connectivity index (χ0v) is 11.9. The minimum absolute atomic E-state index is 0.587. The van der Waals surface area contributed by atoms with Crippen molar-refractivity contribution in [2.24, 2.45) is 0 Å². The lowest BCUT2D eigenvalue weighted by Crippen LogP contribution is -1.95. The summed E-state index contributed by atoms with van der Waals surface area (Å²) in [5, 5.41) is 6.96. The topological polar surface area (TPSA) is 56.7 Å². The van der Waals surface area contributed by atoms with Gasteiger partial charge in [0, 0.05) is 18.9 Å². The van der Waals surface area contributed by atoms with Gasteiger partial charge in [-0.2, -0.15) is 4.98 Å². The van der Waals surface area contributed by atoms with Crippen molar-refractivity contribution in [1.82, 2.24) is 19.7 Å². The summed E-state index contributed by atoms with van der Waals surface area (Å²) in [4.78, 5) is 9.68. The maximum absolute atomic E-state index is 5.24. The monoisotopic (exact) mass is 292 g/mol. The highest BCUT2D eigenvalue weighted by molar-refractivity contribution is 7.98. The van der Waals surface area contributed by atoms with Gasteiger partial charge in [0.05, 0.1) is 10.6 Å². The fourth-order valence-electron chi connectivity index (χ4n) is 1.62. The molecule has 3 heterocycles. The van der Waals surface area contributed by atoms with E-state index in [1.807, 2.05) is 23.7 Å². The summed E-state index contributed by atoms with van der Waals surface area (Å²) in [6, 6.07) is 3.94. The minimum atomic E-state index is 0.587. The van der Waals surface area contributed by atoms with Gasteiger partial charge in [0.25, 0.3) is 5.89 Å². The number of thioether (sulfide) groups is 1. The lowest BCUT2D eigenvalue weighted by Gasteiger charge is -2.01. The quantitative estimate of drug-likeness (QED) is 0.675. The highest BCUT2D eigenvalue weighted by Crippen LogP contribution is 2.25. The molecule has 0 aromatic carbocycles. The van der Waals surface area contributed by atoms with E-state index in [9.17, 15) is 0 Å². The van der Waals surface area contributed by atoms with Crippen molar-refractivity contribution in [2.75, 3.05) is 0 Å². The second kappa shape index (κ2) is 5.58. The molecule has 3 rings (SSSR count). The van der Waals surface area contributed by atoms with E-state index < -0.39 is 0 Å². The Morgan fingerprint density at radius 2 is 2.42 bits per heavy atom. The lowest BCUT2D eigenvalue weighted by atomic mass is 10.5. The first kappa shape index (κ1) is 12.4. The summed E-state index contributed by atoms with van der Waals surface area (Å²) in [5.74, 6) is 1.94. The molecule has 0 bridgehead atoms. The lowest BCUT2D eigenvalue weighted by molar-refractivity contribution is 0.426. The smallest absolute Gasteiger partial charge is 0.268 e. The Balaban J connectivity index is 1.68. The van der Waals surface area contributed by atoms with E-state index in [0.29, 0.717) is 17.5 Å². The molecule has 0 atom stereocenters. The van der Waals surface area contributed by atoms with Crippen molar-refractivity contribution in [3.8, 4) is 10.8 Å². The molecule has 0 fully saturated rings. The highest BCUT2D eigenvalue weighted by Gasteiger charge is 2.11. The molecule has 7 heteroatoms. The standard InChI is InChI=1S/C12H12N4OS2/c1-2-16-6-5-13-12(16)19-8-10-14-11(17-15-10)9-4-3-7-18-9/h3-7H,2,8H2,1H3. The highest BCUT2D eigenvalue weighted by atomic mass is 32.2. The molecule has 0 saturated carbocycles. The molecule has 0 N–H and O–H groups in total. The number of hydrogen-bond donors (Lipinski definition) is 0. The molecule has 0 spiro atoms. The second-order valence-corrected chi connectivity index (χ2v) is 5.67. The average Bonchev–Trinajstić information content (AvgIpc) is 3.16. The van der Waals surface area contributed by atoms with E-state index in [4.69, 9.17) is 4.52 Å².